The Kier molecular flexibility index (Phi) is 4.79. The Balaban J connectivity index is 2.21. The van der Waals surface area contributed by atoms with Crippen molar-refractivity contribution in [3.63, 3.8) is 0 Å². The number of nitrogens with one attached hydrogen (secondary N) is 1. The second kappa shape index (κ2) is 6.45. The summed E-state index contributed by atoms with van der Waals surface area (Å²) in [6.07, 6.45) is 1.28. The van der Waals surface area contributed by atoms with Crippen LogP contribution in [0.1, 0.15) is 15.9 Å². The normalized spacial score (nSPS) is 13.4. The fourth-order valence-corrected chi connectivity index (χ4v) is 2.77. The Hall–Kier alpha value is -2.28. The van der Waals surface area contributed by atoms with E-state index in [1.807, 2.05) is 0 Å². The van der Waals surface area contributed by atoms with Gasteiger partial charge in [0.15, 0.2) is 11.6 Å². The number of hydrogen-bond acceptors (Lipinski definition) is 3. The van der Waals surface area contributed by atoms with Crippen LogP contribution >= 0.6 is 0 Å². The lowest BCUT2D eigenvalue weighted by atomic mass is 10.1. The Morgan fingerprint density at radius 1 is 1.17 bits per heavy atom. The number of halogens is 2. The second-order valence-corrected chi connectivity index (χ2v) is 7.44. The fraction of sp³-hybridized carbons (Fsp3) is 0.188. The summed E-state index contributed by atoms with van der Waals surface area (Å²) < 4.78 is 45.4. The average molecular weight is 338 g/mol. The molecule has 0 aromatic heterocycles. The van der Waals surface area contributed by atoms with Crippen LogP contribution in [0.25, 0.3) is 0 Å². The molecule has 122 valence electrons. The first-order valence-electron chi connectivity index (χ1n) is 6.72. The second-order valence-electron chi connectivity index (χ2n) is 5.28. The molecule has 0 aliphatic rings. The van der Waals surface area contributed by atoms with Crippen LogP contribution in [0.4, 0.5) is 8.78 Å². The van der Waals surface area contributed by atoms with Crippen molar-refractivity contribution in [2.24, 2.45) is 0 Å². The smallest absolute Gasteiger partial charge is 0.253 e. The summed E-state index contributed by atoms with van der Waals surface area (Å²) in [5, 5.41) is 0. The van der Waals surface area contributed by atoms with Gasteiger partial charge >= 0.3 is 0 Å². The van der Waals surface area contributed by atoms with Gasteiger partial charge in [-0.1, -0.05) is 12.1 Å². The summed E-state index contributed by atoms with van der Waals surface area (Å²) in [5.41, 5.74) is 0.741. The van der Waals surface area contributed by atoms with Crippen molar-refractivity contribution in [2.75, 3.05) is 13.3 Å². The van der Waals surface area contributed by atoms with Crippen molar-refractivity contribution in [1.82, 2.24) is 4.90 Å². The van der Waals surface area contributed by atoms with Crippen LogP contribution in [0.5, 0.6) is 0 Å². The van der Waals surface area contributed by atoms with Gasteiger partial charge in [0.05, 0.1) is 9.73 Å². The summed E-state index contributed by atoms with van der Waals surface area (Å²) in [7, 11) is -1.39. The van der Waals surface area contributed by atoms with Crippen molar-refractivity contribution >= 4 is 15.6 Å². The first-order chi connectivity index (χ1) is 10.7. The van der Waals surface area contributed by atoms with Gasteiger partial charge in [-0.3, -0.25) is 4.79 Å². The van der Waals surface area contributed by atoms with Crippen LogP contribution in [0, 0.1) is 16.4 Å². The Bertz CT molecular complexity index is 851. The standard InChI is InChI=1S/C16H16F2N2O2S/c1-20(10-11-6-7-14(17)15(18)8-11)16(21)12-4-3-5-13(9-12)23(2,19)22/h3-9,19H,10H2,1-2H3. The van der Waals surface area contributed by atoms with E-state index in [1.54, 1.807) is 12.1 Å². The number of nitrogens with zero attached hydrogens (tertiary/aromatic N) is 1. The SMILES string of the molecule is CN(Cc1ccc(F)c(F)c1)C(=O)c1cccc(S(C)(=N)=O)c1. The van der Waals surface area contributed by atoms with E-state index in [4.69, 9.17) is 4.78 Å². The summed E-state index contributed by atoms with van der Waals surface area (Å²) in [6, 6.07) is 9.51. The van der Waals surface area contributed by atoms with E-state index in [0.717, 1.165) is 12.1 Å². The Morgan fingerprint density at radius 2 is 1.87 bits per heavy atom. The van der Waals surface area contributed by atoms with Crippen molar-refractivity contribution in [3.05, 3.63) is 65.2 Å². The highest BCUT2D eigenvalue weighted by atomic mass is 32.2. The van der Waals surface area contributed by atoms with Crippen molar-refractivity contribution in [2.45, 2.75) is 11.4 Å². The minimum atomic E-state index is -2.92. The van der Waals surface area contributed by atoms with E-state index in [2.05, 4.69) is 0 Å². The van der Waals surface area contributed by atoms with Crippen LogP contribution in [0.15, 0.2) is 47.4 Å². The molecule has 2 aromatic carbocycles. The number of benzene rings is 2. The third kappa shape index (κ3) is 4.13. The van der Waals surface area contributed by atoms with Gasteiger partial charge in [0, 0.05) is 30.3 Å². The zero-order valence-corrected chi connectivity index (χ0v) is 13.5. The number of carbonyl (C=O) groups excluding carboxylic acids is 1. The number of carbonyl (C=O) groups is 1. The van der Waals surface area contributed by atoms with Gasteiger partial charge in [-0.2, -0.15) is 0 Å². The van der Waals surface area contributed by atoms with Crippen LogP contribution in [0.3, 0.4) is 0 Å². The molecule has 0 aliphatic carbocycles. The molecule has 2 rings (SSSR count). The topological polar surface area (TPSA) is 61.2 Å². The molecule has 23 heavy (non-hydrogen) atoms. The first-order valence-corrected chi connectivity index (χ1v) is 8.68. The summed E-state index contributed by atoms with van der Waals surface area (Å²) in [6.45, 7) is 0.0998. The van der Waals surface area contributed by atoms with Gasteiger partial charge in [-0.05, 0) is 35.9 Å². The molecular weight excluding hydrogens is 322 g/mol. The predicted molar refractivity (Wildman–Crippen MR) is 83.6 cm³/mol. The maximum absolute atomic E-state index is 13.2. The average Bonchev–Trinajstić information content (AvgIpc) is 2.49. The summed E-state index contributed by atoms with van der Waals surface area (Å²) in [4.78, 5) is 14.0. The third-order valence-corrected chi connectivity index (χ3v) is 4.43. The molecule has 1 N–H and O–H groups in total. The fourth-order valence-electron chi connectivity index (χ4n) is 2.08. The van der Waals surface area contributed by atoms with E-state index in [-0.39, 0.29) is 22.9 Å². The molecule has 0 aliphatic heterocycles. The molecule has 0 fully saturated rings. The number of amides is 1. The molecule has 1 amide bonds. The van der Waals surface area contributed by atoms with Crippen LogP contribution in [0.2, 0.25) is 0 Å². The van der Waals surface area contributed by atoms with Crippen LogP contribution in [-0.4, -0.2) is 28.3 Å². The monoisotopic (exact) mass is 338 g/mol. The van der Waals surface area contributed by atoms with Gasteiger partial charge < -0.3 is 4.90 Å². The highest BCUT2D eigenvalue weighted by Gasteiger charge is 2.15. The molecule has 0 saturated heterocycles. The maximum atomic E-state index is 13.2. The van der Waals surface area contributed by atoms with E-state index < -0.39 is 21.4 Å². The highest BCUT2D eigenvalue weighted by molar-refractivity contribution is 7.91. The molecule has 0 radical (unpaired) electrons. The van der Waals surface area contributed by atoms with Crippen molar-refractivity contribution in [1.29, 1.82) is 4.78 Å². The summed E-state index contributed by atoms with van der Waals surface area (Å²) in [5.74, 6) is -2.27. The molecule has 0 bridgehead atoms. The van der Waals surface area contributed by atoms with Gasteiger partial charge in [0.2, 0.25) is 0 Å². The molecule has 4 nitrogen and oxygen atoms in total. The largest absolute Gasteiger partial charge is 0.337 e. The molecule has 0 spiro atoms. The van der Waals surface area contributed by atoms with E-state index >= 15 is 0 Å². The number of rotatable bonds is 4. The van der Waals surface area contributed by atoms with E-state index in [9.17, 15) is 17.8 Å². The molecule has 2 aromatic rings. The minimum absolute atomic E-state index is 0.0998. The van der Waals surface area contributed by atoms with Crippen molar-refractivity contribution < 1.29 is 17.8 Å². The molecule has 1 atom stereocenters. The molecule has 0 saturated carbocycles. The minimum Gasteiger partial charge on any atom is -0.337 e. The maximum Gasteiger partial charge on any atom is 0.253 e. The van der Waals surface area contributed by atoms with Crippen LogP contribution in [-0.2, 0) is 16.3 Å². The van der Waals surface area contributed by atoms with Gasteiger partial charge in [0.25, 0.3) is 5.91 Å². The van der Waals surface area contributed by atoms with Gasteiger partial charge in [-0.25, -0.2) is 17.8 Å². The Morgan fingerprint density at radius 3 is 2.48 bits per heavy atom. The third-order valence-electron chi connectivity index (χ3n) is 3.28. The zero-order valence-electron chi connectivity index (χ0n) is 12.7. The molecule has 0 heterocycles. The molecule has 7 heteroatoms. The summed E-state index contributed by atoms with van der Waals surface area (Å²) >= 11 is 0. The van der Waals surface area contributed by atoms with Gasteiger partial charge in [0.1, 0.15) is 0 Å². The predicted octanol–water partition coefficient (Wildman–Crippen LogP) is 3.27. The highest BCUT2D eigenvalue weighted by Crippen LogP contribution is 2.15. The van der Waals surface area contributed by atoms with E-state index in [1.165, 1.54) is 36.4 Å². The van der Waals surface area contributed by atoms with Crippen LogP contribution < -0.4 is 0 Å². The van der Waals surface area contributed by atoms with Crippen molar-refractivity contribution in [3.8, 4) is 0 Å². The molecular formula is C16H16F2N2O2S. The molecule has 1 unspecified atom stereocenters. The van der Waals surface area contributed by atoms with E-state index in [0.29, 0.717) is 5.56 Å². The number of hydrogen-bond donors (Lipinski definition) is 1. The lowest BCUT2D eigenvalue weighted by molar-refractivity contribution is 0.0784. The lowest BCUT2D eigenvalue weighted by Crippen LogP contribution is -2.26. The quantitative estimate of drug-likeness (QED) is 0.930. The first kappa shape index (κ1) is 17.1. The zero-order chi connectivity index (χ0) is 17.2. The lowest BCUT2D eigenvalue weighted by Gasteiger charge is -2.18. The van der Waals surface area contributed by atoms with Gasteiger partial charge in [-0.15, -0.1) is 0 Å². The Labute approximate surface area is 133 Å².